The van der Waals surface area contributed by atoms with E-state index >= 15 is 0 Å². The molecule has 0 unspecified atom stereocenters. The van der Waals surface area contributed by atoms with Crippen molar-refractivity contribution in [2.24, 2.45) is 0 Å². The standard InChI is InChI=1S/C24H24FN5O4/c1-33-19-11-15-17(12-20(19)34-2)27-23-22(15)26-14-30(24(23)32)13-21(31)29-9-7-28(8-10-29)18-6-4-3-5-16(18)25/h3-6,11-12,14,27H,7-10,13H2,1-2H3. The number of benzene rings is 2. The summed E-state index contributed by atoms with van der Waals surface area (Å²) >= 11 is 0. The van der Waals surface area contributed by atoms with Crippen molar-refractivity contribution < 1.29 is 18.7 Å². The molecule has 1 fully saturated rings. The van der Waals surface area contributed by atoms with Crippen LogP contribution in [0.4, 0.5) is 10.1 Å². The molecule has 0 radical (unpaired) electrons. The number of methoxy groups -OCH3 is 2. The molecule has 10 heteroatoms. The lowest BCUT2D eigenvalue weighted by Gasteiger charge is -2.36. The number of aromatic amines is 1. The number of para-hydroxylation sites is 1. The molecule has 4 aromatic rings. The predicted molar refractivity (Wildman–Crippen MR) is 126 cm³/mol. The summed E-state index contributed by atoms with van der Waals surface area (Å²) in [6.45, 7) is 1.81. The van der Waals surface area contributed by atoms with E-state index in [0.717, 1.165) is 5.39 Å². The number of halogens is 1. The third kappa shape index (κ3) is 3.70. The zero-order valence-corrected chi connectivity index (χ0v) is 18.9. The number of piperazine rings is 1. The summed E-state index contributed by atoms with van der Waals surface area (Å²) in [4.78, 5) is 37.2. The highest BCUT2D eigenvalue weighted by Gasteiger charge is 2.24. The number of hydrogen-bond donors (Lipinski definition) is 1. The number of aromatic nitrogens is 3. The largest absolute Gasteiger partial charge is 0.493 e. The number of rotatable bonds is 5. The Bertz CT molecular complexity index is 1440. The van der Waals surface area contributed by atoms with Crippen molar-refractivity contribution in [2.45, 2.75) is 6.54 Å². The van der Waals surface area contributed by atoms with Crippen LogP contribution in [0, 0.1) is 5.82 Å². The zero-order valence-electron chi connectivity index (χ0n) is 18.9. The molecule has 2 aromatic carbocycles. The molecule has 5 rings (SSSR count). The molecule has 1 N–H and O–H groups in total. The van der Waals surface area contributed by atoms with Crippen molar-refractivity contribution in [2.75, 3.05) is 45.3 Å². The number of carbonyl (C=O) groups excluding carboxylic acids is 1. The predicted octanol–water partition coefficient (Wildman–Crippen LogP) is 2.38. The normalized spacial score (nSPS) is 14.1. The second kappa shape index (κ2) is 8.69. The van der Waals surface area contributed by atoms with Gasteiger partial charge in [-0.2, -0.15) is 0 Å². The number of anilines is 1. The number of H-pyrrole nitrogens is 1. The average Bonchev–Trinajstić information content (AvgIpc) is 3.23. The third-order valence-corrected chi connectivity index (χ3v) is 6.21. The van der Waals surface area contributed by atoms with E-state index in [1.165, 1.54) is 17.0 Å². The third-order valence-electron chi connectivity index (χ3n) is 6.21. The van der Waals surface area contributed by atoms with E-state index in [0.29, 0.717) is 59.9 Å². The number of hydrogen-bond acceptors (Lipinski definition) is 6. The summed E-state index contributed by atoms with van der Waals surface area (Å²) < 4.78 is 26.1. The van der Waals surface area contributed by atoms with E-state index in [2.05, 4.69) is 9.97 Å². The summed E-state index contributed by atoms with van der Waals surface area (Å²) in [5, 5.41) is 0.729. The number of amides is 1. The topological polar surface area (TPSA) is 92.7 Å². The molecular weight excluding hydrogens is 441 g/mol. The number of fused-ring (bicyclic) bond motifs is 3. The van der Waals surface area contributed by atoms with Crippen LogP contribution in [0.2, 0.25) is 0 Å². The lowest BCUT2D eigenvalue weighted by Crippen LogP contribution is -2.50. The first-order valence-electron chi connectivity index (χ1n) is 10.9. The second-order valence-electron chi connectivity index (χ2n) is 8.10. The maximum Gasteiger partial charge on any atom is 0.278 e. The quantitative estimate of drug-likeness (QED) is 0.487. The van der Waals surface area contributed by atoms with E-state index in [4.69, 9.17) is 9.47 Å². The highest BCUT2D eigenvalue weighted by atomic mass is 19.1. The fourth-order valence-electron chi connectivity index (χ4n) is 4.38. The highest BCUT2D eigenvalue weighted by molar-refractivity contribution is 6.05. The number of carbonyl (C=O) groups is 1. The molecule has 34 heavy (non-hydrogen) atoms. The summed E-state index contributed by atoms with van der Waals surface area (Å²) in [7, 11) is 3.08. The van der Waals surface area contributed by atoms with Crippen LogP contribution in [0.5, 0.6) is 11.5 Å². The average molecular weight is 465 g/mol. The van der Waals surface area contributed by atoms with E-state index in [-0.39, 0.29) is 23.8 Å². The van der Waals surface area contributed by atoms with Crippen molar-refractivity contribution in [1.29, 1.82) is 0 Å². The van der Waals surface area contributed by atoms with Crippen LogP contribution in [0.15, 0.2) is 47.5 Å². The summed E-state index contributed by atoms with van der Waals surface area (Å²) in [6, 6.07) is 10.1. The van der Waals surface area contributed by atoms with Gasteiger partial charge in [-0.1, -0.05) is 12.1 Å². The first kappa shape index (κ1) is 21.7. The minimum atomic E-state index is -0.336. The van der Waals surface area contributed by atoms with Gasteiger partial charge in [0, 0.05) is 37.6 Å². The van der Waals surface area contributed by atoms with Gasteiger partial charge in [0.1, 0.15) is 23.4 Å². The fourth-order valence-corrected chi connectivity index (χ4v) is 4.38. The minimum absolute atomic E-state index is 0.122. The maximum absolute atomic E-state index is 14.1. The zero-order chi connectivity index (χ0) is 23.8. The first-order chi connectivity index (χ1) is 16.5. The van der Waals surface area contributed by atoms with E-state index in [1.54, 1.807) is 49.5 Å². The van der Waals surface area contributed by atoms with Crippen LogP contribution < -0.4 is 19.9 Å². The van der Waals surface area contributed by atoms with E-state index in [1.807, 2.05) is 4.90 Å². The van der Waals surface area contributed by atoms with Crippen LogP contribution >= 0.6 is 0 Å². The molecule has 2 aromatic heterocycles. The lowest BCUT2D eigenvalue weighted by atomic mass is 10.2. The van der Waals surface area contributed by atoms with Gasteiger partial charge in [0.25, 0.3) is 5.56 Å². The van der Waals surface area contributed by atoms with Crippen molar-refractivity contribution in [1.82, 2.24) is 19.4 Å². The molecule has 176 valence electrons. The lowest BCUT2D eigenvalue weighted by molar-refractivity contribution is -0.132. The van der Waals surface area contributed by atoms with Gasteiger partial charge in [-0.05, 0) is 18.2 Å². The summed E-state index contributed by atoms with van der Waals surface area (Å²) in [6.07, 6.45) is 1.39. The molecule has 0 bridgehead atoms. The van der Waals surface area contributed by atoms with Gasteiger partial charge < -0.3 is 24.3 Å². The molecule has 1 aliphatic rings. The van der Waals surface area contributed by atoms with Gasteiger partial charge in [0.15, 0.2) is 11.5 Å². The van der Waals surface area contributed by atoms with Crippen LogP contribution in [0.25, 0.3) is 21.9 Å². The van der Waals surface area contributed by atoms with Gasteiger partial charge in [-0.25, -0.2) is 9.37 Å². The Morgan fingerprint density at radius 1 is 1.09 bits per heavy atom. The Labute approximate surface area is 194 Å². The molecule has 0 spiro atoms. The fraction of sp³-hybridized carbons (Fsp3) is 0.292. The van der Waals surface area contributed by atoms with E-state index in [9.17, 15) is 14.0 Å². The Balaban J connectivity index is 1.35. The van der Waals surface area contributed by atoms with Crippen LogP contribution in [0.3, 0.4) is 0 Å². The van der Waals surface area contributed by atoms with Crippen molar-refractivity contribution >= 4 is 33.5 Å². The monoisotopic (exact) mass is 465 g/mol. The molecule has 9 nitrogen and oxygen atoms in total. The first-order valence-corrected chi connectivity index (χ1v) is 10.9. The molecule has 0 aliphatic carbocycles. The molecule has 1 amide bonds. The highest BCUT2D eigenvalue weighted by Crippen LogP contribution is 2.34. The van der Waals surface area contributed by atoms with Gasteiger partial charge >= 0.3 is 0 Å². The molecular formula is C24H24FN5O4. The number of nitrogens with zero attached hydrogens (tertiary/aromatic N) is 4. The van der Waals surface area contributed by atoms with Crippen molar-refractivity contribution in [3.8, 4) is 11.5 Å². The van der Waals surface area contributed by atoms with Gasteiger partial charge in [0.05, 0.1) is 31.8 Å². The minimum Gasteiger partial charge on any atom is -0.493 e. The smallest absolute Gasteiger partial charge is 0.278 e. The number of nitrogens with one attached hydrogen (secondary N) is 1. The van der Waals surface area contributed by atoms with Crippen molar-refractivity contribution in [3.05, 3.63) is 58.9 Å². The number of ether oxygens (including phenoxy) is 2. The van der Waals surface area contributed by atoms with E-state index < -0.39 is 0 Å². The van der Waals surface area contributed by atoms with Crippen LogP contribution in [-0.2, 0) is 11.3 Å². The molecule has 3 heterocycles. The van der Waals surface area contributed by atoms with Gasteiger partial charge in [0.2, 0.25) is 5.91 Å². The Morgan fingerprint density at radius 2 is 1.79 bits per heavy atom. The molecule has 1 saturated heterocycles. The summed E-state index contributed by atoms with van der Waals surface area (Å²) in [5.74, 6) is 0.607. The molecule has 0 atom stereocenters. The van der Waals surface area contributed by atoms with Gasteiger partial charge in [-0.15, -0.1) is 0 Å². The maximum atomic E-state index is 14.1. The molecule has 0 saturated carbocycles. The Hall–Kier alpha value is -4.08. The van der Waals surface area contributed by atoms with Crippen molar-refractivity contribution in [3.63, 3.8) is 0 Å². The van der Waals surface area contributed by atoms with Crippen LogP contribution in [0.1, 0.15) is 0 Å². The summed E-state index contributed by atoms with van der Waals surface area (Å²) in [5.41, 5.74) is 1.70. The molecule has 1 aliphatic heterocycles. The second-order valence-corrected chi connectivity index (χ2v) is 8.10. The van der Waals surface area contributed by atoms with Gasteiger partial charge in [-0.3, -0.25) is 14.2 Å². The SMILES string of the molecule is COc1cc2[nH]c3c(=O)n(CC(=O)N4CCN(c5ccccc5F)CC4)cnc3c2cc1OC. The Morgan fingerprint density at radius 3 is 2.50 bits per heavy atom. The Kier molecular flexibility index (Phi) is 5.56. The van der Waals surface area contributed by atoms with Crippen LogP contribution in [-0.4, -0.2) is 65.7 Å².